The van der Waals surface area contributed by atoms with E-state index >= 15 is 0 Å². The number of rotatable bonds is 3. The molecule has 0 amide bonds. The highest BCUT2D eigenvalue weighted by Crippen LogP contribution is 2.32. The summed E-state index contributed by atoms with van der Waals surface area (Å²) >= 11 is 8.90. The van der Waals surface area contributed by atoms with E-state index in [1.807, 2.05) is 0 Å². The molecule has 104 valence electrons. The fourth-order valence-electron chi connectivity index (χ4n) is 1.56. The summed E-state index contributed by atoms with van der Waals surface area (Å²) in [5.41, 5.74) is 0.0952. The molecule has 9 heteroatoms. The minimum Gasteiger partial charge on any atom is -0.333 e. The van der Waals surface area contributed by atoms with Crippen LogP contribution in [-0.4, -0.2) is 14.9 Å². The first kappa shape index (κ1) is 14.6. The van der Waals surface area contributed by atoms with E-state index in [4.69, 9.17) is 11.6 Å². The average molecular weight is 362 g/mol. The van der Waals surface area contributed by atoms with Gasteiger partial charge in [-0.1, -0.05) is 0 Å². The molecule has 20 heavy (non-hydrogen) atoms. The zero-order valence-electron chi connectivity index (χ0n) is 10.0. The van der Waals surface area contributed by atoms with E-state index in [0.717, 1.165) is 0 Å². The van der Waals surface area contributed by atoms with E-state index in [0.29, 0.717) is 10.2 Å². The third kappa shape index (κ3) is 3.02. The predicted octanol–water partition coefficient (Wildman–Crippen LogP) is 3.99. The molecule has 0 unspecified atom stereocenters. The van der Waals surface area contributed by atoms with Crippen molar-refractivity contribution in [3.8, 4) is 0 Å². The van der Waals surface area contributed by atoms with Crippen molar-refractivity contribution in [3.05, 3.63) is 49.6 Å². The molecule has 1 aromatic heterocycles. The van der Waals surface area contributed by atoms with Crippen LogP contribution in [0.15, 0.2) is 22.7 Å². The number of halogens is 3. The molecule has 2 aromatic rings. The number of aromatic nitrogens is 2. The number of hydrogen-bond donors (Lipinski definition) is 1. The van der Waals surface area contributed by atoms with Crippen LogP contribution in [0.25, 0.3) is 0 Å². The van der Waals surface area contributed by atoms with Gasteiger partial charge in [0.25, 0.3) is 0 Å². The van der Waals surface area contributed by atoms with E-state index in [1.54, 1.807) is 0 Å². The van der Waals surface area contributed by atoms with Crippen molar-refractivity contribution in [2.24, 2.45) is 0 Å². The molecule has 0 atom stereocenters. The lowest BCUT2D eigenvalue weighted by Gasteiger charge is -2.09. The fourth-order valence-corrected chi connectivity index (χ4v) is 2.12. The second kappa shape index (κ2) is 5.68. The van der Waals surface area contributed by atoms with E-state index < -0.39 is 10.7 Å². The maximum Gasteiger partial charge on any atom is 0.332 e. The fraction of sp³-hybridized carbons (Fsp3) is 0.0909. The normalized spacial score (nSPS) is 10.4. The number of aryl methyl sites for hydroxylation is 1. The number of nitrogens with one attached hydrogen (secondary N) is 1. The van der Waals surface area contributed by atoms with E-state index in [9.17, 15) is 14.5 Å². The number of nitrogens with zero attached hydrogens (tertiary/aromatic N) is 3. The highest BCUT2D eigenvalue weighted by molar-refractivity contribution is 9.10. The minimum atomic E-state index is -0.624. The van der Waals surface area contributed by atoms with Crippen LogP contribution < -0.4 is 5.32 Å². The second-order valence-electron chi connectivity index (χ2n) is 3.78. The quantitative estimate of drug-likeness (QED) is 0.508. The summed E-state index contributed by atoms with van der Waals surface area (Å²) in [7, 11) is 0. The molecule has 0 saturated carbocycles. The van der Waals surface area contributed by atoms with Crippen LogP contribution in [0.4, 0.5) is 21.6 Å². The van der Waals surface area contributed by atoms with Gasteiger partial charge in [-0.2, -0.15) is 4.98 Å². The zero-order valence-corrected chi connectivity index (χ0v) is 12.4. The third-order valence-corrected chi connectivity index (χ3v) is 3.26. The molecule has 2 rings (SSSR count). The number of nitro groups is 1. The van der Waals surface area contributed by atoms with Gasteiger partial charge in [-0.05, 0) is 52.7 Å². The molecule has 6 nitrogen and oxygen atoms in total. The van der Waals surface area contributed by atoms with Crippen LogP contribution in [0.3, 0.4) is 0 Å². The Morgan fingerprint density at radius 3 is 2.80 bits per heavy atom. The lowest BCUT2D eigenvalue weighted by atomic mass is 10.3. The standard InChI is InChI=1S/C11H7BrClFN4O2/c1-5-9(18(19)20)10(17-11(13)15-5)16-8-4-6(14)2-3-7(8)12/h2-4H,1H3,(H,15,16,17). The average Bonchev–Trinajstić information content (AvgIpc) is 2.32. The second-order valence-corrected chi connectivity index (χ2v) is 4.97. The summed E-state index contributed by atoms with van der Waals surface area (Å²) in [5, 5.41) is 13.6. The van der Waals surface area contributed by atoms with Gasteiger partial charge in [-0.25, -0.2) is 9.37 Å². The van der Waals surface area contributed by atoms with Gasteiger partial charge in [0.05, 0.1) is 10.6 Å². The summed E-state index contributed by atoms with van der Waals surface area (Å²) in [4.78, 5) is 17.9. The topological polar surface area (TPSA) is 81.0 Å². The Kier molecular flexibility index (Phi) is 4.15. The van der Waals surface area contributed by atoms with Crippen molar-refractivity contribution >= 4 is 44.7 Å². The monoisotopic (exact) mass is 360 g/mol. The third-order valence-electron chi connectivity index (χ3n) is 2.40. The van der Waals surface area contributed by atoms with Crippen molar-refractivity contribution < 1.29 is 9.31 Å². The maximum absolute atomic E-state index is 13.2. The molecule has 0 radical (unpaired) electrons. The Morgan fingerprint density at radius 2 is 2.15 bits per heavy atom. The van der Waals surface area contributed by atoms with Gasteiger partial charge in [0.15, 0.2) is 0 Å². The van der Waals surface area contributed by atoms with E-state index in [1.165, 1.54) is 25.1 Å². The van der Waals surface area contributed by atoms with Gasteiger partial charge in [-0.3, -0.25) is 10.1 Å². The van der Waals surface area contributed by atoms with Crippen LogP contribution in [0, 0.1) is 22.9 Å². The summed E-state index contributed by atoms with van der Waals surface area (Å²) in [6.45, 7) is 1.44. The number of hydrogen-bond acceptors (Lipinski definition) is 5. The van der Waals surface area contributed by atoms with Crippen LogP contribution in [0.1, 0.15) is 5.69 Å². The van der Waals surface area contributed by atoms with Crippen molar-refractivity contribution in [2.75, 3.05) is 5.32 Å². The van der Waals surface area contributed by atoms with Crippen LogP contribution in [0.5, 0.6) is 0 Å². The Labute approximate surface area is 126 Å². The summed E-state index contributed by atoms with van der Waals surface area (Å²) in [6.07, 6.45) is 0. The lowest BCUT2D eigenvalue weighted by molar-refractivity contribution is -0.385. The maximum atomic E-state index is 13.2. The van der Waals surface area contributed by atoms with Crippen molar-refractivity contribution in [1.29, 1.82) is 0 Å². The molecule has 0 aliphatic carbocycles. The Morgan fingerprint density at radius 1 is 1.45 bits per heavy atom. The highest BCUT2D eigenvalue weighted by atomic mass is 79.9. The molecule has 0 aliphatic heterocycles. The molecule has 0 saturated heterocycles. The highest BCUT2D eigenvalue weighted by Gasteiger charge is 2.22. The smallest absolute Gasteiger partial charge is 0.332 e. The van der Waals surface area contributed by atoms with Gasteiger partial charge in [0.2, 0.25) is 11.1 Å². The number of anilines is 2. The van der Waals surface area contributed by atoms with Crippen LogP contribution in [0.2, 0.25) is 5.28 Å². The van der Waals surface area contributed by atoms with Crippen LogP contribution in [-0.2, 0) is 0 Å². The minimum absolute atomic E-state index is 0.0983. The first-order valence-electron chi connectivity index (χ1n) is 5.29. The molecular formula is C11H7BrClFN4O2. The summed E-state index contributed by atoms with van der Waals surface area (Å²) in [5.74, 6) is -0.589. The molecule has 1 heterocycles. The van der Waals surface area contributed by atoms with Crippen molar-refractivity contribution in [2.45, 2.75) is 6.92 Å². The van der Waals surface area contributed by atoms with E-state index in [2.05, 4.69) is 31.2 Å². The van der Waals surface area contributed by atoms with Gasteiger partial charge in [0, 0.05) is 4.47 Å². The Hall–Kier alpha value is -1.80. The Balaban J connectivity index is 2.53. The lowest BCUT2D eigenvalue weighted by Crippen LogP contribution is -2.04. The van der Waals surface area contributed by atoms with Gasteiger partial charge >= 0.3 is 5.69 Å². The first-order chi connectivity index (χ1) is 9.38. The molecule has 1 aromatic carbocycles. The molecule has 0 bridgehead atoms. The molecule has 0 aliphatic rings. The largest absolute Gasteiger partial charge is 0.333 e. The SMILES string of the molecule is Cc1nc(Cl)nc(Nc2cc(F)ccc2Br)c1[N+](=O)[O-]. The van der Waals surface area contributed by atoms with Crippen molar-refractivity contribution in [3.63, 3.8) is 0 Å². The van der Waals surface area contributed by atoms with E-state index in [-0.39, 0.29) is 22.5 Å². The molecular weight excluding hydrogens is 355 g/mol. The van der Waals surface area contributed by atoms with Gasteiger partial charge < -0.3 is 5.32 Å². The zero-order chi connectivity index (χ0) is 14.9. The first-order valence-corrected chi connectivity index (χ1v) is 6.46. The number of benzene rings is 1. The molecule has 0 spiro atoms. The molecule has 1 N–H and O–H groups in total. The Bertz CT molecular complexity index is 698. The van der Waals surface area contributed by atoms with Gasteiger partial charge in [-0.15, -0.1) is 0 Å². The van der Waals surface area contributed by atoms with Crippen LogP contribution >= 0.6 is 27.5 Å². The van der Waals surface area contributed by atoms with Gasteiger partial charge in [0.1, 0.15) is 11.5 Å². The molecule has 0 fully saturated rings. The summed E-state index contributed by atoms with van der Waals surface area (Å²) < 4.78 is 13.7. The summed E-state index contributed by atoms with van der Waals surface area (Å²) in [6, 6.07) is 3.90. The predicted molar refractivity (Wildman–Crippen MR) is 75.8 cm³/mol. The van der Waals surface area contributed by atoms with Crippen molar-refractivity contribution in [1.82, 2.24) is 9.97 Å².